The fourth-order valence-corrected chi connectivity index (χ4v) is 5.09. The zero-order valence-corrected chi connectivity index (χ0v) is 20.5. The molecule has 0 atom stereocenters. The highest BCUT2D eigenvalue weighted by molar-refractivity contribution is 5.79. The number of likely N-dealkylation sites (tertiary alicyclic amines) is 1. The van der Waals surface area contributed by atoms with E-state index in [4.69, 9.17) is 9.47 Å². The zero-order valence-electron chi connectivity index (χ0n) is 20.5. The second-order valence-electron chi connectivity index (χ2n) is 9.26. The number of ether oxygens (including phenoxy) is 2. The van der Waals surface area contributed by atoms with Crippen molar-refractivity contribution in [2.24, 2.45) is 5.92 Å². The summed E-state index contributed by atoms with van der Waals surface area (Å²) < 4.78 is 10.9. The van der Waals surface area contributed by atoms with E-state index in [1.54, 1.807) is 14.2 Å². The van der Waals surface area contributed by atoms with Crippen LogP contribution in [0, 0.1) is 19.8 Å². The van der Waals surface area contributed by atoms with Gasteiger partial charge >= 0.3 is 0 Å². The molecule has 4 rings (SSSR count). The Bertz CT molecular complexity index is 961. The summed E-state index contributed by atoms with van der Waals surface area (Å²) in [6, 6.07) is 12.4. The van der Waals surface area contributed by atoms with Gasteiger partial charge in [0.1, 0.15) is 11.5 Å². The molecule has 6 nitrogen and oxygen atoms in total. The maximum Gasteiger partial charge on any atom is 0.225 e. The lowest BCUT2D eigenvalue weighted by molar-refractivity contribution is -0.137. The number of methoxy groups -OCH3 is 2. The third-order valence-corrected chi connectivity index (χ3v) is 7.33. The molecule has 2 aromatic carbocycles. The lowest BCUT2D eigenvalue weighted by Gasteiger charge is -2.40. The SMILES string of the molecule is COc1ccc(OC)c(CN2CCC(C(=O)N3CCN(c4cccc(C)c4C)CC3)CC2)c1. The topological polar surface area (TPSA) is 45.3 Å². The fraction of sp³-hybridized carbons (Fsp3) is 0.519. The molecule has 0 saturated carbocycles. The van der Waals surface area contributed by atoms with E-state index in [9.17, 15) is 4.79 Å². The van der Waals surface area contributed by atoms with E-state index < -0.39 is 0 Å². The predicted molar refractivity (Wildman–Crippen MR) is 132 cm³/mol. The van der Waals surface area contributed by atoms with Gasteiger partial charge in [0.25, 0.3) is 0 Å². The third kappa shape index (κ3) is 5.27. The summed E-state index contributed by atoms with van der Waals surface area (Å²) in [6.45, 7) is 10.5. The Morgan fingerprint density at radius 3 is 2.33 bits per heavy atom. The van der Waals surface area contributed by atoms with Crippen molar-refractivity contribution < 1.29 is 14.3 Å². The first kappa shape index (κ1) is 23.4. The van der Waals surface area contributed by atoms with Crippen LogP contribution in [0.1, 0.15) is 29.5 Å². The molecule has 2 heterocycles. The molecule has 1 amide bonds. The van der Waals surface area contributed by atoms with Gasteiger partial charge in [-0.1, -0.05) is 12.1 Å². The van der Waals surface area contributed by atoms with Crippen molar-refractivity contribution in [3.8, 4) is 11.5 Å². The molecule has 0 aliphatic carbocycles. The van der Waals surface area contributed by atoms with Crippen LogP contribution < -0.4 is 14.4 Å². The van der Waals surface area contributed by atoms with Gasteiger partial charge in [-0.05, 0) is 75.2 Å². The second-order valence-corrected chi connectivity index (χ2v) is 9.26. The number of rotatable bonds is 6. The normalized spacial score (nSPS) is 17.8. The minimum absolute atomic E-state index is 0.140. The lowest BCUT2D eigenvalue weighted by atomic mass is 9.94. The number of carbonyl (C=O) groups is 1. The van der Waals surface area contributed by atoms with Gasteiger partial charge in [-0.2, -0.15) is 0 Å². The number of carbonyl (C=O) groups excluding carboxylic acids is 1. The number of hydrogen-bond donors (Lipinski definition) is 0. The molecule has 2 fully saturated rings. The molecule has 2 aromatic rings. The molecule has 178 valence electrons. The van der Waals surface area contributed by atoms with Gasteiger partial charge in [0, 0.05) is 49.9 Å². The monoisotopic (exact) mass is 451 g/mol. The van der Waals surface area contributed by atoms with E-state index >= 15 is 0 Å². The van der Waals surface area contributed by atoms with E-state index in [1.165, 1.54) is 16.8 Å². The molecule has 33 heavy (non-hydrogen) atoms. The van der Waals surface area contributed by atoms with E-state index in [0.29, 0.717) is 5.91 Å². The Labute approximate surface area is 198 Å². The number of hydrogen-bond acceptors (Lipinski definition) is 5. The average Bonchev–Trinajstić information content (AvgIpc) is 2.86. The van der Waals surface area contributed by atoms with Crippen LogP contribution in [0.5, 0.6) is 11.5 Å². The van der Waals surface area contributed by atoms with Gasteiger partial charge in [0.2, 0.25) is 5.91 Å². The van der Waals surface area contributed by atoms with E-state index in [-0.39, 0.29) is 5.92 Å². The molecule has 0 spiro atoms. The van der Waals surface area contributed by atoms with Crippen molar-refractivity contribution in [1.82, 2.24) is 9.80 Å². The second kappa shape index (κ2) is 10.5. The van der Waals surface area contributed by atoms with Gasteiger partial charge in [0.05, 0.1) is 14.2 Å². The fourth-order valence-electron chi connectivity index (χ4n) is 5.09. The standard InChI is InChI=1S/C27H37N3O3/c1-20-6-5-7-25(21(20)2)29-14-16-30(17-15-29)27(31)22-10-12-28(13-11-22)19-23-18-24(32-3)8-9-26(23)33-4/h5-9,18,22H,10-17,19H2,1-4H3. The number of benzene rings is 2. The summed E-state index contributed by atoms with van der Waals surface area (Å²) >= 11 is 0. The van der Waals surface area contributed by atoms with E-state index in [0.717, 1.165) is 75.7 Å². The van der Waals surface area contributed by atoms with Gasteiger partial charge in [0.15, 0.2) is 0 Å². The van der Waals surface area contributed by atoms with Gasteiger partial charge in [-0.15, -0.1) is 0 Å². The highest BCUT2D eigenvalue weighted by Gasteiger charge is 2.31. The number of aryl methyl sites for hydroxylation is 1. The van der Waals surface area contributed by atoms with Crippen molar-refractivity contribution in [2.45, 2.75) is 33.2 Å². The molecule has 0 aromatic heterocycles. The number of anilines is 1. The molecule has 0 bridgehead atoms. The minimum Gasteiger partial charge on any atom is -0.497 e. The van der Waals surface area contributed by atoms with Crippen molar-refractivity contribution in [1.29, 1.82) is 0 Å². The van der Waals surface area contributed by atoms with Crippen LogP contribution in [-0.2, 0) is 11.3 Å². The summed E-state index contributed by atoms with van der Waals surface area (Å²) in [4.78, 5) is 20.2. The summed E-state index contributed by atoms with van der Waals surface area (Å²) in [5.74, 6) is 2.21. The molecule has 2 aliphatic rings. The molecular weight excluding hydrogens is 414 g/mol. The van der Waals surface area contributed by atoms with Crippen molar-refractivity contribution in [3.05, 3.63) is 53.1 Å². The van der Waals surface area contributed by atoms with Crippen molar-refractivity contribution >= 4 is 11.6 Å². The summed E-state index contributed by atoms with van der Waals surface area (Å²) in [5, 5.41) is 0. The van der Waals surface area contributed by atoms with Gasteiger partial charge in [-0.25, -0.2) is 0 Å². The molecule has 2 aliphatic heterocycles. The van der Waals surface area contributed by atoms with Gasteiger partial charge < -0.3 is 19.3 Å². The first-order chi connectivity index (χ1) is 16.0. The van der Waals surface area contributed by atoms with E-state index in [2.05, 4.69) is 46.7 Å². The van der Waals surface area contributed by atoms with Crippen LogP contribution in [0.3, 0.4) is 0 Å². The molecule has 2 saturated heterocycles. The predicted octanol–water partition coefficient (Wildman–Crippen LogP) is 3.88. The van der Waals surface area contributed by atoms with Crippen LogP contribution in [0.4, 0.5) is 5.69 Å². The van der Waals surface area contributed by atoms with Gasteiger partial charge in [-0.3, -0.25) is 9.69 Å². The molecular formula is C27H37N3O3. The number of piperazine rings is 1. The van der Waals surface area contributed by atoms with Crippen LogP contribution >= 0.6 is 0 Å². The summed E-state index contributed by atoms with van der Waals surface area (Å²) in [7, 11) is 3.39. The maximum atomic E-state index is 13.2. The number of piperidine rings is 1. The smallest absolute Gasteiger partial charge is 0.225 e. The average molecular weight is 452 g/mol. The molecule has 6 heteroatoms. The quantitative estimate of drug-likeness (QED) is 0.667. The van der Waals surface area contributed by atoms with Crippen LogP contribution in [0.25, 0.3) is 0 Å². The molecule has 0 radical (unpaired) electrons. The first-order valence-electron chi connectivity index (χ1n) is 12.0. The lowest BCUT2D eigenvalue weighted by Crippen LogP contribution is -2.51. The van der Waals surface area contributed by atoms with Crippen LogP contribution in [0.15, 0.2) is 36.4 Å². The Balaban J connectivity index is 1.28. The highest BCUT2D eigenvalue weighted by atomic mass is 16.5. The third-order valence-electron chi connectivity index (χ3n) is 7.33. The summed E-state index contributed by atoms with van der Waals surface area (Å²) in [6.07, 6.45) is 1.84. The molecule has 0 unspecified atom stereocenters. The maximum absolute atomic E-state index is 13.2. The summed E-state index contributed by atoms with van der Waals surface area (Å²) in [5.41, 5.74) is 5.11. The Morgan fingerprint density at radius 1 is 0.939 bits per heavy atom. The Hall–Kier alpha value is -2.73. The molecule has 0 N–H and O–H groups in total. The van der Waals surface area contributed by atoms with Crippen LogP contribution in [0.2, 0.25) is 0 Å². The van der Waals surface area contributed by atoms with Crippen molar-refractivity contribution in [3.63, 3.8) is 0 Å². The Kier molecular flexibility index (Phi) is 7.43. The number of nitrogens with zero attached hydrogens (tertiary/aromatic N) is 3. The first-order valence-corrected chi connectivity index (χ1v) is 12.0. The van der Waals surface area contributed by atoms with Crippen molar-refractivity contribution in [2.75, 3.05) is 58.4 Å². The number of amides is 1. The zero-order chi connectivity index (χ0) is 23.4. The van der Waals surface area contributed by atoms with Crippen LogP contribution in [-0.4, -0.2) is 69.2 Å². The Morgan fingerprint density at radius 2 is 1.67 bits per heavy atom. The largest absolute Gasteiger partial charge is 0.497 e. The highest BCUT2D eigenvalue weighted by Crippen LogP contribution is 2.29. The van der Waals surface area contributed by atoms with E-state index in [1.807, 2.05) is 18.2 Å². The minimum atomic E-state index is 0.140.